The summed E-state index contributed by atoms with van der Waals surface area (Å²) in [7, 11) is 0. The molecule has 0 bridgehead atoms. The number of aliphatic hydroxyl groups excluding tert-OH is 2. The predicted octanol–water partition coefficient (Wildman–Crippen LogP) is 1.10. The summed E-state index contributed by atoms with van der Waals surface area (Å²) < 4.78 is 0. The second-order valence-electron chi connectivity index (χ2n) is 4.43. The molecule has 0 aliphatic heterocycles. The van der Waals surface area contributed by atoms with Crippen molar-refractivity contribution in [3.8, 4) is 0 Å². The van der Waals surface area contributed by atoms with Crippen LogP contribution >= 0.6 is 0 Å². The molecular weight excluding hydrogens is 178 g/mol. The van der Waals surface area contributed by atoms with Crippen LogP contribution in [0.3, 0.4) is 0 Å². The minimum Gasteiger partial charge on any atom is -0.392 e. The summed E-state index contributed by atoms with van der Waals surface area (Å²) in [6, 6.07) is 0. The van der Waals surface area contributed by atoms with Crippen molar-refractivity contribution in [3.63, 3.8) is 0 Å². The zero-order valence-electron chi connectivity index (χ0n) is 9.90. The molecule has 0 spiro atoms. The van der Waals surface area contributed by atoms with E-state index in [-0.39, 0.29) is 12.2 Å². The van der Waals surface area contributed by atoms with Gasteiger partial charge in [-0.2, -0.15) is 0 Å². The first-order chi connectivity index (χ1) is 6.45. The number of hydrogen-bond acceptors (Lipinski definition) is 3. The first-order valence-electron chi connectivity index (χ1n) is 5.54. The topological polar surface area (TPSA) is 43.7 Å². The minimum atomic E-state index is -0.321. The van der Waals surface area contributed by atoms with Gasteiger partial charge in [-0.05, 0) is 19.8 Å². The molecule has 3 heteroatoms. The van der Waals surface area contributed by atoms with Crippen LogP contribution in [0.5, 0.6) is 0 Å². The maximum absolute atomic E-state index is 9.30. The van der Waals surface area contributed by atoms with Gasteiger partial charge in [0.25, 0.3) is 0 Å². The van der Waals surface area contributed by atoms with Crippen molar-refractivity contribution in [1.29, 1.82) is 0 Å². The van der Waals surface area contributed by atoms with Gasteiger partial charge in [0.2, 0.25) is 0 Å². The lowest BCUT2D eigenvalue weighted by Gasteiger charge is -2.27. The zero-order chi connectivity index (χ0) is 11.1. The molecule has 0 radical (unpaired) electrons. The van der Waals surface area contributed by atoms with Crippen molar-refractivity contribution in [2.75, 3.05) is 19.6 Å². The molecule has 0 aromatic carbocycles. The standard InChI is InChI=1S/C11H25NO2/c1-5-9(2)6-12(7-10(3)13)8-11(4)14/h9-11,13-14H,5-8H2,1-4H3. The monoisotopic (exact) mass is 203 g/mol. The Morgan fingerprint density at radius 1 is 0.929 bits per heavy atom. The molecule has 3 unspecified atom stereocenters. The number of aliphatic hydroxyl groups is 2. The Hall–Kier alpha value is -0.120. The van der Waals surface area contributed by atoms with E-state index < -0.39 is 0 Å². The minimum absolute atomic E-state index is 0.321. The lowest BCUT2D eigenvalue weighted by atomic mass is 10.1. The van der Waals surface area contributed by atoms with Crippen molar-refractivity contribution in [1.82, 2.24) is 4.90 Å². The third kappa shape index (κ3) is 7.30. The van der Waals surface area contributed by atoms with Crippen LogP contribution in [0.2, 0.25) is 0 Å². The molecule has 0 heterocycles. The Labute approximate surface area is 87.7 Å². The first-order valence-corrected chi connectivity index (χ1v) is 5.54. The molecule has 0 aromatic rings. The van der Waals surface area contributed by atoms with Crippen LogP contribution in [0.25, 0.3) is 0 Å². The van der Waals surface area contributed by atoms with Crippen LogP contribution in [-0.4, -0.2) is 47.0 Å². The number of hydrogen-bond donors (Lipinski definition) is 2. The van der Waals surface area contributed by atoms with E-state index in [1.807, 2.05) is 0 Å². The Bertz CT molecular complexity index is 127. The van der Waals surface area contributed by atoms with Crippen molar-refractivity contribution in [2.45, 2.75) is 46.3 Å². The molecule has 0 aliphatic rings. The fourth-order valence-electron chi connectivity index (χ4n) is 1.54. The van der Waals surface area contributed by atoms with Crippen molar-refractivity contribution >= 4 is 0 Å². The fraction of sp³-hybridized carbons (Fsp3) is 1.00. The summed E-state index contributed by atoms with van der Waals surface area (Å²) in [6.07, 6.45) is 0.492. The van der Waals surface area contributed by atoms with Gasteiger partial charge in [0, 0.05) is 19.6 Å². The molecule has 2 N–H and O–H groups in total. The third-order valence-electron chi connectivity index (χ3n) is 2.31. The van der Waals surface area contributed by atoms with Gasteiger partial charge in [-0.3, -0.25) is 4.90 Å². The van der Waals surface area contributed by atoms with Crippen LogP contribution < -0.4 is 0 Å². The molecule has 3 nitrogen and oxygen atoms in total. The van der Waals surface area contributed by atoms with Gasteiger partial charge in [-0.15, -0.1) is 0 Å². The molecule has 0 amide bonds. The van der Waals surface area contributed by atoms with E-state index in [2.05, 4.69) is 18.7 Å². The van der Waals surface area contributed by atoms with Crippen LogP contribution in [-0.2, 0) is 0 Å². The molecule has 0 aliphatic carbocycles. The average molecular weight is 203 g/mol. The highest BCUT2D eigenvalue weighted by molar-refractivity contribution is 4.67. The van der Waals surface area contributed by atoms with Crippen molar-refractivity contribution in [2.24, 2.45) is 5.92 Å². The van der Waals surface area contributed by atoms with Crippen molar-refractivity contribution in [3.05, 3.63) is 0 Å². The van der Waals surface area contributed by atoms with Gasteiger partial charge in [-0.1, -0.05) is 20.3 Å². The number of rotatable bonds is 7. The molecule has 0 fully saturated rings. The second-order valence-corrected chi connectivity index (χ2v) is 4.43. The Kier molecular flexibility index (Phi) is 7.15. The summed E-state index contributed by atoms with van der Waals surface area (Å²) in [6.45, 7) is 10.2. The van der Waals surface area contributed by atoms with Crippen LogP contribution in [0.4, 0.5) is 0 Å². The fourth-order valence-corrected chi connectivity index (χ4v) is 1.54. The Balaban J connectivity index is 3.96. The van der Waals surface area contributed by atoms with E-state index in [1.54, 1.807) is 13.8 Å². The Morgan fingerprint density at radius 3 is 1.64 bits per heavy atom. The average Bonchev–Trinajstić information content (AvgIpc) is 2.01. The Morgan fingerprint density at radius 2 is 1.36 bits per heavy atom. The third-order valence-corrected chi connectivity index (χ3v) is 2.31. The van der Waals surface area contributed by atoms with Crippen molar-refractivity contribution < 1.29 is 10.2 Å². The van der Waals surface area contributed by atoms with Gasteiger partial charge in [0.1, 0.15) is 0 Å². The summed E-state index contributed by atoms with van der Waals surface area (Å²) in [5, 5.41) is 18.6. The normalized spacial score (nSPS) is 18.2. The molecular formula is C11H25NO2. The quantitative estimate of drug-likeness (QED) is 0.651. The highest BCUT2D eigenvalue weighted by atomic mass is 16.3. The molecule has 3 atom stereocenters. The summed E-state index contributed by atoms with van der Waals surface area (Å²) in [5.74, 6) is 0.618. The second kappa shape index (κ2) is 7.21. The van der Waals surface area contributed by atoms with Crippen LogP contribution in [0, 0.1) is 5.92 Å². The maximum atomic E-state index is 9.30. The maximum Gasteiger partial charge on any atom is 0.0639 e. The summed E-state index contributed by atoms with van der Waals surface area (Å²) >= 11 is 0. The molecule has 86 valence electrons. The SMILES string of the molecule is CCC(C)CN(CC(C)O)CC(C)O. The van der Waals surface area contributed by atoms with E-state index in [1.165, 1.54) is 0 Å². The van der Waals surface area contributed by atoms with Gasteiger partial charge >= 0.3 is 0 Å². The molecule has 0 saturated heterocycles. The zero-order valence-corrected chi connectivity index (χ0v) is 9.90. The molecule has 0 rings (SSSR count). The molecule has 14 heavy (non-hydrogen) atoms. The van der Waals surface area contributed by atoms with Gasteiger partial charge in [0.15, 0.2) is 0 Å². The van der Waals surface area contributed by atoms with Crippen LogP contribution in [0.15, 0.2) is 0 Å². The summed E-state index contributed by atoms with van der Waals surface area (Å²) in [4.78, 5) is 2.13. The van der Waals surface area contributed by atoms with Gasteiger partial charge in [-0.25, -0.2) is 0 Å². The highest BCUT2D eigenvalue weighted by Crippen LogP contribution is 2.05. The smallest absolute Gasteiger partial charge is 0.0639 e. The van der Waals surface area contributed by atoms with Crippen LogP contribution in [0.1, 0.15) is 34.1 Å². The lowest BCUT2D eigenvalue weighted by molar-refractivity contribution is 0.0751. The van der Waals surface area contributed by atoms with Gasteiger partial charge in [0.05, 0.1) is 12.2 Å². The van der Waals surface area contributed by atoms with E-state index in [0.717, 1.165) is 13.0 Å². The molecule has 0 saturated carbocycles. The number of nitrogens with zero attached hydrogens (tertiary/aromatic N) is 1. The van der Waals surface area contributed by atoms with E-state index in [4.69, 9.17) is 0 Å². The highest BCUT2D eigenvalue weighted by Gasteiger charge is 2.13. The predicted molar refractivity (Wildman–Crippen MR) is 59.3 cm³/mol. The summed E-state index contributed by atoms with van der Waals surface area (Å²) in [5.41, 5.74) is 0. The van der Waals surface area contributed by atoms with Gasteiger partial charge < -0.3 is 10.2 Å². The van der Waals surface area contributed by atoms with E-state index in [0.29, 0.717) is 19.0 Å². The van der Waals surface area contributed by atoms with E-state index in [9.17, 15) is 10.2 Å². The largest absolute Gasteiger partial charge is 0.392 e. The first kappa shape index (κ1) is 13.9. The van der Waals surface area contributed by atoms with E-state index >= 15 is 0 Å². The lowest BCUT2D eigenvalue weighted by Crippen LogP contribution is -2.38. The molecule has 0 aromatic heterocycles.